The van der Waals surface area contributed by atoms with Crippen molar-refractivity contribution >= 4 is 40.6 Å². The second kappa shape index (κ2) is 11.2. The van der Waals surface area contributed by atoms with Crippen molar-refractivity contribution < 1.29 is 19.0 Å². The van der Waals surface area contributed by atoms with Crippen LogP contribution in [0.2, 0.25) is 10.0 Å². The maximum Gasteiger partial charge on any atom is 0.195 e. The highest BCUT2D eigenvalue weighted by atomic mass is 35.5. The van der Waals surface area contributed by atoms with Crippen LogP contribution >= 0.6 is 34.8 Å². The van der Waals surface area contributed by atoms with E-state index in [2.05, 4.69) is 13.8 Å². The number of carbonyl (C=O) groups excluding carboxylic acids is 1. The van der Waals surface area contributed by atoms with Crippen molar-refractivity contribution in [3.63, 3.8) is 0 Å². The predicted octanol–water partition coefficient (Wildman–Crippen LogP) is 6.17. The number of hydrogen-bond acceptors (Lipinski definition) is 4. The largest absolute Gasteiger partial charge is 0.490 e. The van der Waals surface area contributed by atoms with Gasteiger partial charge in [0.1, 0.15) is 19.0 Å². The molecule has 0 saturated carbocycles. The Morgan fingerprint density at radius 2 is 1.60 bits per heavy atom. The van der Waals surface area contributed by atoms with Gasteiger partial charge in [0.15, 0.2) is 11.5 Å². The number of alkyl halides is 1. The SMILES string of the molecule is COCC(=O)COc1ccc(C(C)(C)c2cc(Cl)c(OCC(C)CCl)c(Cl)c2)cc1. The molecule has 1 atom stereocenters. The third-order valence-electron chi connectivity index (χ3n) is 4.78. The van der Waals surface area contributed by atoms with Gasteiger partial charge in [-0.15, -0.1) is 11.6 Å². The van der Waals surface area contributed by atoms with Crippen LogP contribution in [-0.2, 0) is 14.9 Å². The lowest BCUT2D eigenvalue weighted by molar-refractivity contribution is -0.124. The second-order valence-corrected chi connectivity index (χ2v) is 8.87. The Kier molecular flexibility index (Phi) is 9.30. The molecule has 0 aliphatic heterocycles. The number of methoxy groups -OCH3 is 1. The highest BCUT2D eigenvalue weighted by Gasteiger charge is 2.26. The molecule has 2 rings (SSSR count). The zero-order valence-electron chi connectivity index (χ0n) is 17.6. The number of carbonyl (C=O) groups is 1. The van der Waals surface area contributed by atoms with E-state index in [1.807, 2.05) is 43.3 Å². The molecule has 0 spiro atoms. The summed E-state index contributed by atoms with van der Waals surface area (Å²) in [5, 5.41) is 0.924. The summed E-state index contributed by atoms with van der Waals surface area (Å²) in [6.07, 6.45) is 0. The van der Waals surface area contributed by atoms with E-state index >= 15 is 0 Å². The smallest absolute Gasteiger partial charge is 0.195 e. The molecule has 0 aliphatic rings. The summed E-state index contributed by atoms with van der Waals surface area (Å²) in [7, 11) is 1.48. The molecule has 0 N–H and O–H groups in total. The number of rotatable bonds is 11. The first-order chi connectivity index (χ1) is 14.2. The molecule has 0 amide bonds. The minimum atomic E-state index is -0.361. The molecule has 0 aromatic heterocycles. The topological polar surface area (TPSA) is 44.8 Å². The van der Waals surface area contributed by atoms with E-state index in [4.69, 9.17) is 49.0 Å². The van der Waals surface area contributed by atoms with Crippen LogP contribution in [0, 0.1) is 5.92 Å². The van der Waals surface area contributed by atoms with Crippen LogP contribution < -0.4 is 9.47 Å². The standard InChI is InChI=1S/C23H27Cl3O4/c1-15(11-24)12-30-22-20(25)9-17(10-21(22)26)23(2,3)16-5-7-19(8-6-16)29-14-18(27)13-28-4/h5-10,15H,11-14H2,1-4H3. The predicted molar refractivity (Wildman–Crippen MR) is 123 cm³/mol. The zero-order chi connectivity index (χ0) is 22.3. The molecule has 7 heteroatoms. The van der Waals surface area contributed by atoms with Gasteiger partial charge in [-0.25, -0.2) is 0 Å². The number of ketones is 1. The van der Waals surface area contributed by atoms with E-state index < -0.39 is 0 Å². The van der Waals surface area contributed by atoms with Gasteiger partial charge in [-0.1, -0.05) is 56.1 Å². The van der Waals surface area contributed by atoms with Gasteiger partial charge in [-0.05, 0) is 35.4 Å². The number of hydrogen-bond donors (Lipinski definition) is 0. The molecular weight excluding hydrogens is 447 g/mol. The van der Waals surface area contributed by atoms with Gasteiger partial charge in [0.2, 0.25) is 0 Å². The van der Waals surface area contributed by atoms with Crippen LogP contribution in [0.1, 0.15) is 31.9 Å². The maximum absolute atomic E-state index is 11.5. The lowest BCUT2D eigenvalue weighted by atomic mass is 9.78. The van der Waals surface area contributed by atoms with Crippen molar-refractivity contribution in [3.05, 3.63) is 57.6 Å². The summed E-state index contributed by atoms with van der Waals surface area (Å²) < 4.78 is 16.1. The van der Waals surface area contributed by atoms with Gasteiger partial charge in [-0.3, -0.25) is 4.79 Å². The van der Waals surface area contributed by atoms with Crippen molar-refractivity contribution in [1.29, 1.82) is 0 Å². The third-order valence-corrected chi connectivity index (χ3v) is 5.87. The summed E-state index contributed by atoms with van der Waals surface area (Å²) >= 11 is 18.8. The van der Waals surface area contributed by atoms with Crippen molar-refractivity contribution in [3.8, 4) is 11.5 Å². The van der Waals surface area contributed by atoms with Gasteiger partial charge in [-0.2, -0.15) is 0 Å². The Hall–Kier alpha value is -1.46. The molecule has 0 bridgehead atoms. The minimum absolute atomic E-state index is 0.0222. The van der Waals surface area contributed by atoms with Crippen molar-refractivity contribution in [2.24, 2.45) is 5.92 Å². The first kappa shape index (κ1) is 24.8. The Balaban J connectivity index is 2.17. The Morgan fingerprint density at radius 1 is 1.00 bits per heavy atom. The lowest BCUT2D eigenvalue weighted by Crippen LogP contribution is -2.19. The van der Waals surface area contributed by atoms with Gasteiger partial charge >= 0.3 is 0 Å². The monoisotopic (exact) mass is 472 g/mol. The molecule has 4 nitrogen and oxygen atoms in total. The minimum Gasteiger partial charge on any atom is -0.490 e. The average molecular weight is 474 g/mol. The van der Waals surface area contributed by atoms with Gasteiger partial charge < -0.3 is 14.2 Å². The van der Waals surface area contributed by atoms with Crippen LogP contribution in [0.25, 0.3) is 0 Å². The maximum atomic E-state index is 11.5. The lowest BCUT2D eigenvalue weighted by Gasteiger charge is -2.27. The van der Waals surface area contributed by atoms with Crippen molar-refractivity contribution in [1.82, 2.24) is 0 Å². The van der Waals surface area contributed by atoms with Crippen molar-refractivity contribution in [2.45, 2.75) is 26.2 Å². The molecule has 1 unspecified atom stereocenters. The molecule has 2 aromatic rings. The van der Waals surface area contributed by atoms with E-state index in [0.29, 0.717) is 34.0 Å². The Bertz CT molecular complexity index is 827. The Labute approximate surface area is 193 Å². The fourth-order valence-electron chi connectivity index (χ4n) is 2.83. The molecular formula is C23H27Cl3O4. The first-order valence-electron chi connectivity index (χ1n) is 9.61. The first-order valence-corrected chi connectivity index (χ1v) is 10.9. The van der Waals surface area contributed by atoms with Gasteiger partial charge in [0, 0.05) is 24.3 Å². The van der Waals surface area contributed by atoms with E-state index in [-0.39, 0.29) is 30.3 Å². The number of Topliss-reactive ketones (excluding diaryl/α,β-unsaturated/α-hetero) is 1. The Morgan fingerprint density at radius 3 is 2.13 bits per heavy atom. The van der Waals surface area contributed by atoms with Crippen LogP contribution in [0.4, 0.5) is 0 Å². The van der Waals surface area contributed by atoms with E-state index in [0.717, 1.165) is 11.1 Å². The molecule has 0 radical (unpaired) electrons. The van der Waals surface area contributed by atoms with Crippen LogP contribution in [-0.4, -0.2) is 38.6 Å². The number of ether oxygens (including phenoxy) is 3. The van der Waals surface area contributed by atoms with Gasteiger partial charge in [0.25, 0.3) is 0 Å². The molecule has 30 heavy (non-hydrogen) atoms. The molecule has 2 aromatic carbocycles. The average Bonchev–Trinajstić information content (AvgIpc) is 2.71. The highest BCUT2D eigenvalue weighted by Crippen LogP contribution is 2.40. The van der Waals surface area contributed by atoms with Crippen LogP contribution in [0.15, 0.2) is 36.4 Å². The third kappa shape index (κ3) is 6.52. The molecule has 164 valence electrons. The summed E-state index contributed by atoms with van der Waals surface area (Å²) in [5.41, 5.74) is 1.65. The van der Waals surface area contributed by atoms with E-state index in [1.54, 1.807) is 0 Å². The highest BCUT2D eigenvalue weighted by molar-refractivity contribution is 6.37. The summed E-state index contributed by atoms with van der Waals surface area (Å²) in [6.45, 7) is 6.63. The summed E-state index contributed by atoms with van der Waals surface area (Å²) in [6, 6.07) is 11.4. The number of benzene rings is 2. The molecule has 0 fully saturated rings. The van der Waals surface area contributed by atoms with Crippen LogP contribution in [0.3, 0.4) is 0 Å². The van der Waals surface area contributed by atoms with Gasteiger partial charge in [0.05, 0.1) is 16.7 Å². The fourth-order valence-corrected chi connectivity index (χ4v) is 3.51. The molecule has 0 saturated heterocycles. The second-order valence-electron chi connectivity index (χ2n) is 7.75. The number of halogens is 3. The van der Waals surface area contributed by atoms with E-state index in [1.165, 1.54) is 7.11 Å². The van der Waals surface area contributed by atoms with Crippen molar-refractivity contribution in [2.75, 3.05) is 32.8 Å². The fraction of sp³-hybridized carbons (Fsp3) is 0.435. The summed E-state index contributed by atoms with van der Waals surface area (Å²) in [4.78, 5) is 11.5. The normalized spacial score (nSPS) is 12.5. The quantitative estimate of drug-likeness (QED) is 0.366. The van der Waals surface area contributed by atoms with E-state index in [9.17, 15) is 4.79 Å². The van der Waals surface area contributed by atoms with Crippen LogP contribution in [0.5, 0.6) is 11.5 Å². The zero-order valence-corrected chi connectivity index (χ0v) is 19.9. The summed E-state index contributed by atoms with van der Waals surface area (Å²) in [5.74, 6) is 1.67. The molecule has 0 heterocycles. The molecule has 0 aliphatic carbocycles.